The molecule has 0 aliphatic heterocycles. The van der Waals surface area contributed by atoms with Crippen molar-refractivity contribution in [3.05, 3.63) is 71.3 Å². The molecule has 33 heavy (non-hydrogen) atoms. The number of benzene rings is 2. The van der Waals surface area contributed by atoms with Crippen molar-refractivity contribution in [1.29, 1.82) is 0 Å². The summed E-state index contributed by atoms with van der Waals surface area (Å²) in [5, 5.41) is 2.71. The molecular weight excluding hydrogens is 444 g/mol. The molecule has 0 bridgehead atoms. The lowest BCUT2D eigenvalue weighted by Crippen LogP contribution is -2.30. The van der Waals surface area contributed by atoms with Gasteiger partial charge >= 0.3 is 0 Å². The van der Waals surface area contributed by atoms with Crippen LogP contribution in [0.1, 0.15) is 19.8 Å². The summed E-state index contributed by atoms with van der Waals surface area (Å²) in [7, 11) is -2.19. The SMILES string of the molecule is CCCC(=O)Nc1ccc(S(=O)(=O)NCCn2cnc(-c3ccc(OC)cc3)cc2=O)cc1. The summed E-state index contributed by atoms with van der Waals surface area (Å²) in [6.45, 7) is 2.04. The molecule has 0 spiro atoms. The van der Waals surface area contributed by atoms with Crippen molar-refractivity contribution >= 4 is 21.6 Å². The number of methoxy groups -OCH3 is 1. The molecule has 9 nitrogen and oxygen atoms in total. The molecule has 2 N–H and O–H groups in total. The molecule has 0 saturated carbocycles. The van der Waals surface area contributed by atoms with Crippen molar-refractivity contribution in [3.8, 4) is 17.0 Å². The molecule has 0 atom stereocenters. The minimum Gasteiger partial charge on any atom is -0.497 e. The Hall–Kier alpha value is -3.50. The van der Waals surface area contributed by atoms with Gasteiger partial charge in [0.1, 0.15) is 5.75 Å². The molecule has 2 aromatic carbocycles. The number of nitrogens with zero attached hydrogens (tertiary/aromatic N) is 2. The Morgan fingerprint density at radius 3 is 2.39 bits per heavy atom. The molecule has 0 radical (unpaired) electrons. The van der Waals surface area contributed by atoms with E-state index in [0.717, 1.165) is 12.0 Å². The van der Waals surface area contributed by atoms with E-state index in [1.54, 1.807) is 31.4 Å². The monoisotopic (exact) mass is 470 g/mol. The predicted octanol–water partition coefficient (Wildman–Crippen LogP) is 2.64. The fourth-order valence-electron chi connectivity index (χ4n) is 3.07. The van der Waals surface area contributed by atoms with Crippen LogP contribution >= 0.6 is 0 Å². The van der Waals surface area contributed by atoms with Crippen LogP contribution in [0.3, 0.4) is 0 Å². The van der Waals surface area contributed by atoms with Gasteiger partial charge in [-0.05, 0) is 55.0 Å². The highest BCUT2D eigenvalue weighted by Gasteiger charge is 2.14. The Bertz CT molecular complexity index is 1250. The van der Waals surface area contributed by atoms with E-state index in [4.69, 9.17) is 4.74 Å². The van der Waals surface area contributed by atoms with Gasteiger partial charge in [-0.2, -0.15) is 0 Å². The maximum Gasteiger partial charge on any atom is 0.253 e. The molecule has 1 aromatic heterocycles. The second-order valence-electron chi connectivity index (χ2n) is 7.25. The summed E-state index contributed by atoms with van der Waals surface area (Å²) in [5.41, 5.74) is 1.53. The molecule has 0 saturated heterocycles. The van der Waals surface area contributed by atoms with E-state index in [9.17, 15) is 18.0 Å². The molecule has 3 aromatic rings. The van der Waals surface area contributed by atoms with E-state index >= 15 is 0 Å². The normalized spacial score (nSPS) is 11.2. The third-order valence-electron chi connectivity index (χ3n) is 4.84. The highest BCUT2D eigenvalue weighted by Crippen LogP contribution is 2.19. The summed E-state index contributed by atoms with van der Waals surface area (Å²) in [6, 6.07) is 14.5. The number of anilines is 1. The molecule has 0 aliphatic carbocycles. The zero-order valence-electron chi connectivity index (χ0n) is 18.4. The van der Waals surface area contributed by atoms with Crippen LogP contribution < -0.4 is 20.3 Å². The van der Waals surface area contributed by atoms with E-state index in [1.165, 1.54) is 41.2 Å². The summed E-state index contributed by atoms with van der Waals surface area (Å²) in [4.78, 5) is 28.4. The Kier molecular flexibility index (Phi) is 7.96. The number of ether oxygens (including phenoxy) is 1. The number of hydrogen-bond acceptors (Lipinski definition) is 6. The molecule has 1 heterocycles. The van der Waals surface area contributed by atoms with Gasteiger partial charge < -0.3 is 10.1 Å². The lowest BCUT2D eigenvalue weighted by atomic mass is 10.1. The lowest BCUT2D eigenvalue weighted by Gasteiger charge is -2.10. The van der Waals surface area contributed by atoms with Crippen LogP contribution in [0, 0.1) is 0 Å². The van der Waals surface area contributed by atoms with Gasteiger partial charge in [0, 0.05) is 36.8 Å². The van der Waals surface area contributed by atoms with Crippen LogP contribution in [-0.2, 0) is 21.4 Å². The number of aromatic nitrogens is 2. The van der Waals surface area contributed by atoms with Crippen LogP contribution in [0.2, 0.25) is 0 Å². The Morgan fingerprint density at radius 2 is 1.79 bits per heavy atom. The number of carbonyl (C=O) groups excluding carboxylic acids is 1. The first-order valence-corrected chi connectivity index (χ1v) is 11.9. The second kappa shape index (κ2) is 10.9. The lowest BCUT2D eigenvalue weighted by molar-refractivity contribution is -0.116. The van der Waals surface area contributed by atoms with E-state index < -0.39 is 10.0 Å². The summed E-state index contributed by atoms with van der Waals surface area (Å²) in [5.74, 6) is 0.582. The zero-order valence-corrected chi connectivity index (χ0v) is 19.3. The first kappa shape index (κ1) is 24.1. The molecular formula is C23H26N4O5S. The molecule has 10 heteroatoms. The van der Waals surface area contributed by atoms with Gasteiger partial charge in [0.25, 0.3) is 5.56 Å². The van der Waals surface area contributed by atoms with Gasteiger partial charge in [0.15, 0.2) is 0 Å². The molecule has 0 fully saturated rings. The Labute approximate surface area is 192 Å². The van der Waals surface area contributed by atoms with Gasteiger partial charge in [-0.3, -0.25) is 14.2 Å². The number of carbonyl (C=O) groups is 1. The van der Waals surface area contributed by atoms with Gasteiger partial charge in [-0.15, -0.1) is 0 Å². The highest BCUT2D eigenvalue weighted by atomic mass is 32.2. The zero-order chi connectivity index (χ0) is 23.8. The predicted molar refractivity (Wildman–Crippen MR) is 126 cm³/mol. The van der Waals surface area contributed by atoms with E-state index in [-0.39, 0.29) is 29.5 Å². The van der Waals surface area contributed by atoms with Crippen LogP contribution in [0.15, 0.2) is 70.6 Å². The largest absolute Gasteiger partial charge is 0.497 e. The van der Waals surface area contributed by atoms with Crippen LogP contribution in [0.4, 0.5) is 5.69 Å². The maximum atomic E-state index is 12.5. The van der Waals surface area contributed by atoms with Crippen molar-refractivity contribution in [2.75, 3.05) is 19.0 Å². The van der Waals surface area contributed by atoms with Gasteiger partial charge in [-0.25, -0.2) is 18.1 Å². The quantitative estimate of drug-likeness (QED) is 0.470. The highest BCUT2D eigenvalue weighted by molar-refractivity contribution is 7.89. The maximum absolute atomic E-state index is 12.5. The van der Waals surface area contributed by atoms with E-state index in [1.807, 2.05) is 6.92 Å². The third-order valence-corrected chi connectivity index (χ3v) is 6.31. The summed E-state index contributed by atoms with van der Waals surface area (Å²) >= 11 is 0. The van der Waals surface area contributed by atoms with Gasteiger partial charge in [0.2, 0.25) is 15.9 Å². The fourth-order valence-corrected chi connectivity index (χ4v) is 4.09. The molecule has 0 unspecified atom stereocenters. The average Bonchev–Trinajstić information content (AvgIpc) is 2.80. The van der Waals surface area contributed by atoms with E-state index in [2.05, 4.69) is 15.0 Å². The van der Waals surface area contributed by atoms with Crippen molar-refractivity contribution in [2.45, 2.75) is 31.2 Å². The van der Waals surface area contributed by atoms with Crippen molar-refractivity contribution in [2.24, 2.45) is 0 Å². The number of amides is 1. The minimum absolute atomic E-state index is 0.0147. The molecule has 0 aliphatic rings. The molecule has 3 rings (SSSR count). The van der Waals surface area contributed by atoms with Crippen molar-refractivity contribution < 1.29 is 17.9 Å². The summed E-state index contributed by atoms with van der Waals surface area (Å²) < 4.78 is 34.0. The smallest absolute Gasteiger partial charge is 0.253 e. The number of nitrogens with one attached hydrogen (secondary N) is 2. The number of rotatable bonds is 10. The van der Waals surface area contributed by atoms with Crippen LogP contribution in [0.25, 0.3) is 11.3 Å². The first-order chi connectivity index (χ1) is 15.8. The third kappa shape index (κ3) is 6.50. The standard InChI is InChI=1S/C23H26N4O5S/c1-3-4-22(28)26-18-7-11-20(12-8-18)33(30,31)25-13-14-27-16-24-21(15-23(27)29)17-5-9-19(32-2)10-6-17/h5-12,15-16,25H,3-4,13-14H2,1-2H3,(H,26,28). The van der Waals surface area contributed by atoms with Crippen LogP contribution in [-0.4, -0.2) is 37.5 Å². The topological polar surface area (TPSA) is 119 Å². The average molecular weight is 471 g/mol. The minimum atomic E-state index is -3.77. The number of hydrogen-bond donors (Lipinski definition) is 2. The molecule has 174 valence electrons. The second-order valence-corrected chi connectivity index (χ2v) is 9.02. The van der Waals surface area contributed by atoms with Crippen molar-refractivity contribution in [3.63, 3.8) is 0 Å². The Balaban J connectivity index is 1.59. The van der Waals surface area contributed by atoms with Gasteiger partial charge in [0.05, 0.1) is 24.0 Å². The number of sulfonamides is 1. The molecule has 1 amide bonds. The fraction of sp³-hybridized carbons (Fsp3) is 0.261. The van der Waals surface area contributed by atoms with Crippen molar-refractivity contribution in [1.82, 2.24) is 14.3 Å². The summed E-state index contributed by atoms with van der Waals surface area (Å²) in [6.07, 6.45) is 2.52. The van der Waals surface area contributed by atoms with Crippen LogP contribution in [0.5, 0.6) is 5.75 Å². The first-order valence-electron chi connectivity index (χ1n) is 10.4. The van der Waals surface area contributed by atoms with E-state index in [0.29, 0.717) is 23.6 Å². The Morgan fingerprint density at radius 1 is 1.09 bits per heavy atom. The van der Waals surface area contributed by atoms with Gasteiger partial charge in [-0.1, -0.05) is 6.92 Å².